The minimum atomic E-state index is -3.74. The first kappa shape index (κ1) is 15.7. The maximum Gasteiger partial charge on any atom is 0.345 e. The Morgan fingerprint density at radius 2 is 2.00 bits per heavy atom. The van der Waals surface area contributed by atoms with E-state index in [9.17, 15) is 13.2 Å². The number of aryl methyl sites for hydroxylation is 1. The third kappa shape index (κ3) is 3.49. The Morgan fingerprint density at radius 1 is 1.33 bits per heavy atom. The van der Waals surface area contributed by atoms with Gasteiger partial charge in [0, 0.05) is 11.4 Å². The van der Waals surface area contributed by atoms with Gasteiger partial charge in [-0.1, -0.05) is 24.3 Å². The summed E-state index contributed by atoms with van der Waals surface area (Å²) in [6.45, 7) is 3.66. The van der Waals surface area contributed by atoms with E-state index in [0.717, 1.165) is 22.5 Å². The predicted octanol–water partition coefficient (Wildman–Crippen LogP) is 2.79. The zero-order valence-corrected chi connectivity index (χ0v) is 13.2. The minimum absolute atomic E-state index is 0.00100. The molecular formula is C14H15NO4S2. The number of hydrogen-bond donors (Lipinski definition) is 2. The van der Waals surface area contributed by atoms with Crippen LogP contribution in [0.2, 0.25) is 0 Å². The lowest BCUT2D eigenvalue weighted by Crippen LogP contribution is -2.27. The van der Waals surface area contributed by atoms with E-state index in [0.29, 0.717) is 0 Å². The van der Waals surface area contributed by atoms with Gasteiger partial charge in [-0.15, -0.1) is 11.3 Å². The van der Waals surface area contributed by atoms with Crippen molar-refractivity contribution >= 4 is 27.3 Å². The summed E-state index contributed by atoms with van der Waals surface area (Å²) in [5.74, 6) is -1.13. The van der Waals surface area contributed by atoms with Crippen LogP contribution in [0, 0.1) is 6.92 Å². The Bertz CT molecular complexity index is 765. The lowest BCUT2D eigenvalue weighted by atomic mass is 10.0. The van der Waals surface area contributed by atoms with Crippen molar-refractivity contribution in [2.24, 2.45) is 0 Å². The number of carbonyl (C=O) groups is 1. The summed E-state index contributed by atoms with van der Waals surface area (Å²) in [5.41, 5.74) is 1.87. The first-order chi connectivity index (χ1) is 9.81. The van der Waals surface area contributed by atoms with E-state index in [-0.39, 0.29) is 9.77 Å². The van der Waals surface area contributed by atoms with Gasteiger partial charge in [0.25, 0.3) is 0 Å². The van der Waals surface area contributed by atoms with Gasteiger partial charge in [0.2, 0.25) is 10.0 Å². The summed E-state index contributed by atoms with van der Waals surface area (Å²) >= 11 is 0.892. The Hall–Kier alpha value is -1.70. The number of carboxylic acid groups (broad SMARTS) is 1. The molecule has 1 heterocycles. The van der Waals surface area contributed by atoms with E-state index in [1.54, 1.807) is 6.92 Å². The van der Waals surface area contributed by atoms with E-state index in [4.69, 9.17) is 5.11 Å². The normalized spacial score (nSPS) is 13.0. The van der Waals surface area contributed by atoms with Gasteiger partial charge in [-0.2, -0.15) is 0 Å². The van der Waals surface area contributed by atoms with Crippen LogP contribution in [0.15, 0.2) is 40.6 Å². The minimum Gasteiger partial charge on any atom is -0.477 e. The Morgan fingerprint density at radius 3 is 2.57 bits per heavy atom. The van der Waals surface area contributed by atoms with E-state index >= 15 is 0 Å². The number of carboxylic acids is 1. The fraction of sp³-hybridized carbons (Fsp3) is 0.214. The standard InChI is InChI=1S/C14H15NO4S2/c1-9-5-3-4-6-12(9)10(2)15-21(18,19)11-7-13(14(16)17)20-8-11/h3-8,10,15H,1-2H3,(H,16,17)/t10-/m0/s1. The fourth-order valence-electron chi connectivity index (χ4n) is 2.01. The van der Waals surface area contributed by atoms with Crippen LogP contribution in [0.25, 0.3) is 0 Å². The molecule has 0 spiro atoms. The van der Waals surface area contributed by atoms with Crippen LogP contribution in [0.5, 0.6) is 0 Å². The highest BCUT2D eigenvalue weighted by Gasteiger charge is 2.21. The second-order valence-corrected chi connectivity index (χ2v) is 7.28. The molecule has 5 nitrogen and oxygen atoms in total. The Kier molecular flexibility index (Phi) is 4.46. The van der Waals surface area contributed by atoms with Crippen LogP contribution in [-0.4, -0.2) is 19.5 Å². The summed E-state index contributed by atoms with van der Waals surface area (Å²) in [6.07, 6.45) is 0. The monoisotopic (exact) mass is 325 g/mol. The van der Waals surface area contributed by atoms with Gasteiger partial charge in [0.05, 0.1) is 4.90 Å². The summed E-state index contributed by atoms with van der Waals surface area (Å²) in [6, 6.07) is 8.27. The molecule has 0 aliphatic heterocycles. The van der Waals surface area contributed by atoms with Gasteiger partial charge in [-0.05, 0) is 31.0 Å². The number of aromatic carboxylic acids is 1. The highest BCUT2D eigenvalue weighted by Crippen LogP contribution is 2.23. The molecule has 2 aromatic rings. The van der Waals surface area contributed by atoms with Crippen LogP contribution in [-0.2, 0) is 10.0 Å². The first-order valence-electron chi connectivity index (χ1n) is 6.21. The molecule has 0 aliphatic carbocycles. The van der Waals surface area contributed by atoms with Gasteiger partial charge in [0.15, 0.2) is 0 Å². The zero-order chi connectivity index (χ0) is 15.6. The molecule has 1 aromatic heterocycles. The number of nitrogens with one attached hydrogen (secondary N) is 1. The summed E-state index contributed by atoms with van der Waals surface area (Å²) in [7, 11) is -3.74. The van der Waals surface area contributed by atoms with Gasteiger partial charge in [-0.25, -0.2) is 17.9 Å². The molecule has 112 valence electrons. The van der Waals surface area contributed by atoms with Crippen molar-refractivity contribution in [2.45, 2.75) is 24.8 Å². The Labute approximate surface area is 127 Å². The molecule has 2 N–H and O–H groups in total. The van der Waals surface area contributed by atoms with Crippen LogP contribution in [0.3, 0.4) is 0 Å². The Balaban J connectivity index is 2.24. The van der Waals surface area contributed by atoms with E-state index in [1.807, 2.05) is 31.2 Å². The molecule has 0 saturated heterocycles. The van der Waals surface area contributed by atoms with E-state index in [2.05, 4.69) is 4.72 Å². The molecule has 0 aliphatic rings. The van der Waals surface area contributed by atoms with Crippen molar-refractivity contribution in [2.75, 3.05) is 0 Å². The molecular weight excluding hydrogens is 310 g/mol. The largest absolute Gasteiger partial charge is 0.477 e. The first-order valence-corrected chi connectivity index (χ1v) is 8.57. The van der Waals surface area contributed by atoms with E-state index < -0.39 is 22.0 Å². The lowest BCUT2D eigenvalue weighted by Gasteiger charge is -2.16. The van der Waals surface area contributed by atoms with Crippen molar-refractivity contribution in [3.05, 3.63) is 51.7 Å². The van der Waals surface area contributed by atoms with Crippen LogP contribution in [0.1, 0.15) is 33.8 Å². The predicted molar refractivity (Wildman–Crippen MR) is 81.2 cm³/mol. The highest BCUT2D eigenvalue weighted by atomic mass is 32.2. The number of thiophene rings is 1. The molecule has 21 heavy (non-hydrogen) atoms. The molecule has 0 bridgehead atoms. The second-order valence-electron chi connectivity index (χ2n) is 4.65. The van der Waals surface area contributed by atoms with Crippen molar-refractivity contribution in [3.63, 3.8) is 0 Å². The van der Waals surface area contributed by atoms with E-state index in [1.165, 1.54) is 11.4 Å². The van der Waals surface area contributed by atoms with Gasteiger partial charge >= 0.3 is 5.97 Å². The topological polar surface area (TPSA) is 83.5 Å². The average molecular weight is 325 g/mol. The summed E-state index contributed by atoms with van der Waals surface area (Å²) in [5, 5.41) is 10.2. The molecule has 0 amide bonds. The smallest absolute Gasteiger partial charge is 0.345 e. The highest BCUT2D eigenvalue weighted by molar-refractivity contribution is 7.89. The number of sulfonamides is 1. The zero-order valence-electron chi connectivity index (χ0n) is 11.5. The third-order valence-electron chi connectivity index (χ3n) is 3.08. The average Bonchev–Trinajstić information content (AvgIpc) is 2.89. The van der Waals surface area contributed by atoms with Crippen LogP contribution < -0.4 is 4.72 Å². The number of hydrogen-bond acceptors (Lipinski definition) is 4. The molecule has 1 atom stereocenters. The molecule has 1 aromatic carbocycles. The maximum atomic E-state index is 12.3. The molecule has 0 radical (unpaired) electrons. The maximum absolute atomic E-state index is 12.3. The lowest BCUT2D eigenvalue weighted by molar-refractivity contribution is 0.0702. The van der Waals surface area contributed by atoms with Crippen LogP contribution >= 0.6 is 11.3 Å². The molecule has 0 fully saturated rings. The third-order valence-corrected chi connectivity index (χ3v) is 5.67. The summed E-state index contributed by atoms with van der Waals surface area (Å²) in [4.78, 5) is 10.8. The van der Waals surface area contributed by atoms with Crippen molar-refractivity contribution in [3.8, 4) is 0 Å². The molecule has 0 unspecified atom stereocenters. The van der Waals surface area contributed by atoms with Crippen molar-refractivity contribution in [1.82, 2.24) is 4.72 Å². The van der Waals surface area contributed by atoms with Gasteiger partial charge < -0.3 is 5.11 Å². The van der Waals surface area contributed by atoms with Gasteiger partial charge in [-0.3, -0.25) is 0 Å². The number of benzene rings is 1. The number of rotatable bonds is 5. The fourth-order valence-corrected chi connectivity index (χ4v) is 4.34. The van der Waals surface area contributed by atoms with Crippen LogP contribution in [0.4, 0.5) is 0 Å². The molecule has 2 rings (SSSR count). The summed E-state index contributed by atoms with van der Waals surface area (Å²) < 4.78 is 27.1. The quantitative estimate of drug-likeness (QED) is 0.885. The van der Waals surface area contributed by atoms with Crippen molar-refractivity contribution in [1.29, 1.82) is 0 Å². The molecule has 7 heteroatoms. The molecule has 0 saturated carbocycles. The van der Waals surface area contributed by atoms with Gasteiger partial charge in [0.1, 0.15) is 4.88 Å². The SMILES string of the molecule is Cc1ccccc1[C@H](C)NS(=O)(=O)c1csc(C(=O)O)c1. The van der Waals surface area contributed by atoms with Crippen molar-refractivity contribution < 1.29 is 18.3 Å². The second kappa shape index (κ2) is 5.97.